The second kappa shape index (κ2) is 4.06. The van der Waals surface area contributed by atoms with Crippen molar-refractivity contribution in [3.63, 3.8) is 0 Å². The molecule has 0 heterocycles. The van der Waals surface area contributed by atoms with E-state index >= 15 is 0 Å². The van der Waals surface area contributed by atoms with Crippen molar-refractivity contribution in [2.75, 3.05) is 12.0 Å². The Labute approximate surface area is 92.8 Å². The van der Waals surface area contributed by atoms with Crippen molar-refractivity contribution >= 4 is 9.84 Å². The molecule has 0 aromatic rings. The quantitative estimate of drug-likeness (QED) is 0.809. The Morgan fingerprint density at radius 3 is 2.00 bits per heavy atom. The average Bonchev–Trinajstić information content (AvgIpc) is 2.07. The highest BCUT2D eigenvalue weighted by molar-refractivity contribution is 7.90. The minimum Gasteiger partial charge on any atom is -0.390 e. The fraction of sp³-hybridized carbons (Fsp3) is 1.00. The molecule has 15 heavy (non-hydrogen) atoms. The number of rotatable bonds is 3. The third-order valence-corrected chi connectivity index (χ3v) is 4.42. The summed E-state index contributed by atoms with van der Waals surface area (Å²) in [6.07, 6.45) is 5.04. The van der Waals surface area contributed by atoms with Crippen molar-refractivity contribution in [1.29, 1.82) is 0 Å². The van der Waals surface area contributed by atoms with E-state index in [1.54, 1.807) is 0 Å². The predicted octanol–water partition coefficient (Wildman–Crippen LogP) is 1.75. The van der Waals surface area contributed by atoms with Crippen LogP contribution in [0.2, 0.25) is 0 Å². The minimum absolute atomic E-state index is 0.101. The first-order valence-corrected chi connectivity index (χ1v) is 7.58. The van der Waals surface area contributed by atoms with Gasteiger partial charge in [0.2, 0.25) is 0 Å². The molecule has 0 atom stereocenters. The molecule has 0 saturated heterocycles. The third kappa shape index (κ3) is 4.51. The van der Waals surface area contributed by atoms with Crippen LogP contribution in [0.5, 0.6) is 0 Å². The van der Waals surface area contributed by atoms with Crippen molar-refractivity contribution < 1.29 is 13.5 Å². The molecule has 1 aliphatic carbocycles. The number of sulfone groups is 1. The van der Waals surface area contributed by atoms with Gasteiger partial charge in [0.15, 0.2) is 0 Å². The van der Waals surface area contributed by atoms with Crippen LogP contribution in [0.15, 0.2) is 0 Å². The highest BCUT2D eigenvalue weighted by atomic mass is 32.2. The number of aliphatic hydroxyl groups is 1. The van der Waals surface area contributed by atoms with Gasteiger partial charge in [-0.25, -0.2) is 8.42 Å². The lowest BCUT2D eigenvalue weighted by atomic mass is 9.70. The molecule has 1 rings (SSSR count). The van der Waals surface area contributed by atoms with Gasteiger partial charge in [0.05, 0.1) is 11.4 Å². The maximum Gasteiger partial charge on any atom is 0.147 e. The van der Waals surface area contributed by atoms with Gasteiger partial charge in [-0.3, -0.25) is 0 Å². The van der Waals surface area contributed by atoms with E-state index in [9.17, 15) is 13.5 Å². The Bertz CT molecular complexity index is 307. The van der Waals surface area contributed by atoms with Gasteiger partial charge in [-0.15, -0.1) is 0 Å². The highest BCUT2D eigenvalue weighted by Crippen LogP contribution is 2.41. The molecule has 4 heteroatoms. The van der Waals surface area contributed by atoms with Crippen LogP contribution < -0.4 is 0 Å². The summed E-state index contributed by atoms with van der Waals surface area (Å²) in [4.78, 5) is 0. The lowest BCUT2D eigenvalue weighted by Gasteiger charge is -2.40. The summed E-state index contributed by atoms with van der Waals surface area (Å²) in [5, 5.41) is 10.2. The van der Waals surface area contributed by atoms with Crippen LogP contribution in [0.1, 0.15) is 46.0 Å². The van der Waals surface area contributed by atoms with E-state index in [0.717, 1.165) is 25.7 Å². The molecule has 3 nitrogen and oxygen atoms in total. The SMILES string of the molecule is CC1(C)CCC(O)(CCS(C)(=O)=O)CC1. The van der Waals surface area contributed by atoms with Crippen molar-refractivity contribution in [2.24, 2.45) is 5.41 Å². The molecule has 1 saturated carbocycles. The smallest absolute Gasteiger partial charge is 0.147 e. The summed E-state index contributed by atoms with van der Waals surface area (Å²) in [7, 11) is -2.95. The zero-order valence-corrected chi connectivity index (χ0v) is 10.7. The standard InChI is InChI=1S/C11H22O3S/c1-10(2)4-6-11(12,7-5-10)8-9-15(3,13)14/h12H,4-9H2,1-3H3. The summed E-state index contributed by atoms with van der Waals surface area (Å²) in [5.41, 5.74) is -0.435. The van der Waals surface area contributed by atoms with Crippen LogP contribution in [0.4, 0.5) is 0 Å². The van der Waals surface area contributed by atoms with Crippen LogP contribution >= 0.6 is 0 Å². The van der Waals surface area contributed by atoms with Crippen molar-refractivity contribution in [1.82, 2.24) is 0 Å². The van der Waals surface area contributed by atoms with E-state index < -0.39 is 15.4 Å². The van der Waals surface area contributed by atoms with Gasteiger partial charge in [0.1, 0.15) is 9.84 Å². The lowest BCUT2D eigenvalue weighted by Crippen LogP contribution is -2.38. The first-order chi connectivity index (χ1) is 6.62. The van der Waals surface area contributed by atoms with E-state index in [1.807, 2.05) is 0 Å². The van der Waals surface area contributed by atoms with Crippen LogP contribution in [0.3, 0.4) is 0 Å². The Balaban J connectivity index is 2.49. The third-order valence-electron chi connectivity index (χ3n) is 3.47. The van der Waals surface area contributed by atoms with E-state index in [0.29, 0.717) is 11.8 Å². The molecule has 0 bridgehead atoms. The number of hydrogen-bond acceptors (Lipinski definition) is 3. The van der Waals surface area contributed by atoms with Gasteiger partial charge < -0.3 is 5.11 Å². The molecule has 0 aromatic carbocycles. The normalized spacial score (nSPS) is 25.1. The summed E-state index contributed by atoms with van der Waals surface area (Å²) in [6.45, 7) is 4.40. The van der Waals surface area contributed by atoms with Crippen molar-refractivity contribution in [3.05, 3.63) is 0 Å². The summed E-state index contributed by atoms with van der Waals surface area (Å²) in [6, 6.07) is 0. The van der Waals surface area contributed by atoms with Gasteiger partial charge in [-0.1, -0.05) is 13.8 Å². The molecular formula is C11H22O3S. The zero-order valence-electron chi connectivity index (χ0n) is 9.91. The van der Waals surface area contributed by atoms with Crippen LogP contribution in [-0.4, -0.2) is 31.1 Å². The van der Waals surface area contributed by atoms with Gasteiger partial charge >= 0.3 is 0 Å². The fourth-order valence-corrected chi connectivity index (χ4v) is 2.77. The Hall–Kier alpha value is -0.0900. The monoisotopic (exact) mass is 234 g/mol. The highest BCUT2D eigenvalue weighted by Gasteiger charge is 2.36. The topological polar surface area (TPSA) is 54.4 Å². The largest absolute Gasteiger partial charge is 0.390 e. The molecule has 0 aliphatic heterocycles. The van der Waals surface area contributed by atoms with E-state index in [-0.39, 0.29) is 5.75 Å². The van der Waals surface area contributed by atoms with Gasteiger partial charge in [-0.2, -0.15) is 0 Å². The second-order valence-electron chi connectivity index (χ2n) is 5.77. The molecule has 0 aromatic heterocycles. The molecule has 1 aliphatic rings. The molecule has 0 unspecified atom stereocenters. The predicted molar refractivity (Wildman–Crippen MR) is 61.5 cm³/mol. The molecule has 1 N–H and O–H groups in total. The van der Waals surface area contributed by atoms with Crippen LogP contribution in [0.25, 0.3) is 0 Å². The first kappa shape index (κ1) is 13.0. The lowest BCUT2D eigenvalue weighted by molar-refractivity contribution is -0.0277. The van der Waals surface area contributed by atoms with Gasteiger partial charge in [0, 0.05) is 6.26 Å². The zero-order chi connectivity index (χ0) is 11.7. The Morgan fingerprint density at radius 2 is 1.60 bits per heavy atom. The Morgan fingerprint density at radius 1 is 1.13 bits per heavy atom. The maximum atomic E-state index is 11.0. The summed E-state index contributed by atoms with van der Waals surface area (Å²) in [5.74, 6) is 0.101. The van der Waals surface area contributed by atoms with Gasteiger partial charge in [0.25, 0.3) is 0 Å². The second-order valence-corrected chi connectivity index (χ2v) is 8.03. The van der Waals surface area contributed by atoms with Crippen LogP contribution in [-0.2, 0) is 9.84 Å². The van der Waals surface area contributed by atoms with E-state index in [2.05, 4.69) is 13.8 Å². The van der Waals surface area contributed by atoms with E-state index in [1.165, 1.54) is 6.26 Å². The summed E-state index contributed by atoms with van der Waals surface area (Å²) >= 11 is 0. The molecule has 90 valence electrons. The maximum absolute atomic E-state index is 11.0. The van der Waals surface area contributed by atoms with Gasteiger partial charge in [-0.05, 0) is 37.5 Å². The Kier molecular flexibility index (Phi) is 3.51. The minimum atomic E-state index is -2.95. The molecule has 0 spiro atoms. The van der Waals surface area contributed by atoms with Crippen molar-refractivity contribution in [2.45, 2.75) is 51.6 Å². The first-order valence-electron chi connectivity index (χ1n) is 5.52. The number of hydrogen-bond donors (Lipinski definition) is 1. The van der Waals surface area contributed by atoms with E-state index in [4.69, 9.17) is 0 Å². The molecule has 0 amide bonds. The van der Waals surface area contributed by atoms with Crippen LogP contribution in [0, 0.1) is 5.41 Å². The average molecular weight is 234 g/mol. The summed E-state index contributed by atoms with van der Waals surface area (Å²) < 4.78 is 22.1. The molecular weight excluding hydrogens is 212 g/mol. The van der Waals surface area contributed by atoms with Crippen molar-refractivity contribution in [3.8, 4) is 0 Å². The molecule has 1 fully saturated rings. The molecule has 0 radical (unpaired) electrons. The fourth-order valence-electron chi connectivity index (χ4n) is 2.02.